The molecule has 2 heterocycles. The Bertz CT molecular complexity index is 310. The van der Waals surface area contributed by atoms with E-state index in [4.69, 9.17) is 0 Å². The highest BCUT2D eigenvalue weighted by Gasteiger charge is 2.13. The van der Waals surface area contributed by atoms with Crippen LogP contribution in [0.3, 0.4) is 0 Å². The standard InChI is InChI=1S/C9H10BrFN2/c10-8-5-7(6-12-9(8)11)13-3-1-2-4-13/h5-6H,1-4H2. The van der Waals surface area contributed by atoms with Gasteiger partial charge in [-0.05, 0) is 34.8 Å². The van der Waals surface area contributed by atoms with E-state index in [-0.39, 0.29) is 0 Å². The Morgan fingerprint density at radius 2 is 2.08 bits per heavy atom. The zero-order valence-corrected chi connectivity index (χ0v) is 8.72. The smallest absolute Gasteiger partial charge is 0.227 e. The van der Waals surface area contributed by atoms with E-state index in [2.05, 4.69) is 25.8 Å². The maximum Gasteiger partial charge on any atom is 0.227 e. The molecule has 0 saturated carbocycles. The fourth-order valence-corrected chi connectivity index (χ4v) is 1.90. The van der Waals surface area contributed by atoms with Gasteiger partial charge in [0, 0.05) is 13.1 Å². The molecule has 2 nitrogen and oxygen atoms in total. The van der Waals surface area contributed by atoms with Crippen LogP contribution in [-0.2, 0) is 0 Å². The molecule has 1 aliphatic rings. The first kappa shape index (κ1) is 8.94. The molecule has 0 spiro atoms. The largest absolute Gasteiger partial charge is 0.370 e. The molecule has 70 valence electrons. The Balaban J connectivity index is 2.25. The maximum absolute atomic E-state index is 12.8. The molecular formula is C9H10BrFN2. The summed E-state index contributed by atoms with van der Waals surface area (Å²) >= 11 is 3.13. The fraction of sp³-hybridized carbons (Fsp3) is 0.444. The second-order valence-corrected chi connectivity index (χ2v) is 4.01. The van der Waals surface area contributed by atoms with Gasteiger partial charge in [0.25, 0.3) is 0 Å². The number of halogens is 2. The van der Waals surface area contributed by atoms with E-state index in [1.807, 2.05) is 0 Å². The molecule has 1 aromatic heterocycles. The quantitative estimate of drug-likeness (QED) is 0.707. The van der Waals surface area contributed by atoms with Gasteiger partial charge in [0.2, 0.25) is 5.95 Å². The molecule has 0 bridgehead atoms. The highest BCUT2D eigenvalue weighted by atomic mass is 79.9. The Morgan fingerprint density at radius 1 is 1.38 bits per heavy atom. The molecule has 0 aromatic carbocycles. The predicted molar refractivity (Wildman–Crippen MR) is 53.3 cm³/mol. The SMILES string of the molecule is Fc1ncc(N2CCCC2)cc1Br. The number of nitrogens with zero attached hydrogens (tertiary/aromatic N) is 2. The molecule has 0 N–H and O–H groups in total. The first-order chi connectivity index (χ1) is 6.27. The summed E-state index contributed by atoms with van der Waals surface area (Å²) in [7, 11) is 0. The molecule has 1 saturated heterocycles. The molecule has 13 heavy (non-hydrogen) atoms. The van der Waals surface area contributed by atoms with Crippen molar-refractivity contribution >= 4 is 21.6 Å². The molecule has 4 heteroatoms. The third-order valence-corrected chi connectivity index (χ3v) is 2.81. The van der Waals surface area contributed by atoms with Gasteiger partial charge in [-0.2, -0.15) is 4.39 Å². The first-order valence-corrected chi connectivity index (χ1v) is 5.12. The minimum Gasteiger partial charge on any atom is -0.370 e. The van der Waals surface area contributed by atoms with E-state index in [0.29, 0.717) is 4.47 Å². The predicted octanol–water partition coefficient (Wildman–Crippen LogP) is 2.58. The van der Waals surface area contributed by atoms with Gasteiger partial charge in [0.15, 0.2) is 0 Å². The highest BCUT2D eigenvalue weighted by molar-refractivity contribution is 9.10. The van der Waals surface area contributed by atoms with Crippen molar-refractivity contribution in [1.82, 2.24) is 4.98 Å². The topological polar surface area (TPSA) is 16.1 Å². The average Bonchev–Trinajstić information content (AvgIpc) is 2.62. The number of hydrogen-bond donors (Lipinski definition) is 0. The van der Waals surface area contributed by atoms with Crippen LogP contribution in [0.25, 0.3) is 0 Å². The van der Waals surface area contributed by atoms with Gasteiger partial charge in [-0.3, -0.25) is 0 Å². The number of pyridine rings is 1. The van der Waals surface area contributed by atoms with Crippen molar-refractivity contribution in [2.45, 2.75) is 12.8 Å². The third kappa shape index (κ3) is 1.82. The van der Waals surface area contributed by atoms with Crippen LogP contribution in [0.4, 0.5) is 10.1 Å². The lowest BCUT2D eigenvalue weighted by atomic mass is 10.4. The van der Waals surface area contributed by atoms with Gasteiger partial charge < -0.3 is 4.90 Å². The van der Waals surface area contributed by atoms with Crippen molar-refractivity contribution in [1.29, 1.82) is 0 Å². The summed E-state index contributed by atoms with van der Waals surface area (Å²) in [4.78, 5) is 5.89. The van der Waals surface area contributed by atoms with E-state index in [1.165, 1.54) is 12.8 Å². The minimum absolute atomic E-state index is 0.442. The summed E-state index contributed by atoms with van der Waals surface area (Å²) in [5, 5.41) is 0. The lowest BCUT2D eigenvalue weighted by Gasteiger charge is -2.16. The molecule has 0 aliphatic carbocycles. The van der Waals surface area contributed by atoms with Gasteiger partial charge >= 0.3 is 0 Å². The highest BCUT2D eigenvalue weighted by Crippen LogP contribution is 2.23. The molecule has 0 radical (unpaired) electrons. The van der Waals surface area contributed by atoms with Gasteiger partial charge in [-0.1, -0.05) is 0 Å². The number of hydrogen-bond acceptors (Lipinski definition) is 2. The lowest BCUT2D eigenvalue weighted by Crippen LogP contribution is -2.17. The van der Waals surface area contributed by atoms with Gasteiger partial charge in [-0.15, -0.1) is 0 Å². The third-order valence-electron chi connectivity index (χ3n) is 2.25. The van der Waals surface area contributed by atoms with Crippen LogP contribution in [0.2, 0.25) is 0 Å². The fourth-order valence-electron chi connectivity index (χ4n) is 1.56. The Hall–Kier alpha value is -0.640. The molecular weight excluding hydrogens is 235 g/mol. The van der Waals surface area contributed by atoms with E-state index in [9.17, 15) is 4.39 Å². The summed E-state index contributed by atoms with van der Waals surface area (Å²) in [5.74, 6) is -0.442. The van der Waals surface area contributed by atoms with Crippen molar-refractivity contribution in [2.75, 3.05) is 18.0 Å². The molecule has 0 unspecified atom stereocenters. The van der Waals surface area contributed by atoms with E-state index >= 15 is 0 Å². The Morgan fingerprint density at radius 3 is 2.69 bits per heavy atom. The lowest BCUT2D eigenvalue weighted by molar-refractivity contribution is 0.576. The summed E-state index contributed by atoms with van der Waals surface area (Å²) in [6, 6.07) is 1.79. The van der Waals surface area contributed by atoms with Crippen LogP contribution in [0, 0.1) is 5.95 Å². The summed E-state index contributed by atoms with van der Waals surface area (Å²) in [6.07, 6.45) is 4.02. The average molecular weight is 245 g/mol. The van der Waals surface area contributed by atoms with Crippen LogP contribution >= 0.6 is 15.9 Å². The molecule has 2 rings (SSSR count). The zero-order valence-electron chi connectivity index (χ0n) is 7.13. The van der Waals surface area contributed by atoms with Crippen LogP contribution in [0.15, 0.2) is 16.7 Å². The Labute approximate surface area is 84.9 Å². The second kappa shape index (κ2) is 3.62. The normalized spacial score (nSPS) is 16.6. The molecule has 1 aromatic rings. The summed E-state index contributed by atoms with van der Waals surface area (Å²) in [5.41, 5.74) is 1.01. The van der Waals surface area contributed by atoms with Gasteiger partial charge in [0.05, 0.1) is 16.4 Å². The molecule has 0 atom stereocenters. The summed E-state index contributed by atoms with van der Waals surface area (Å²) < 4.78 is 13.3. The number of aromatic nitrogens is 1. The molecule has 1 aliphatic heterocycles. The van der Waals surface area contributed by atoms with Crippen LogP contribution in [-0.4, -0.2) is 18.1 Å². The van der Waals surface area contributed by atoms with Crippen molar-refractivity contribution in [2.24, 2.45) is 0 Å². The number of anilines is 1. The van der Waals surface area contributed by atoms with E-state index in [0.717, 1.165) is 18.8 Å². The van der Waals surface area contributed by atoms with Gasteiger partial charge in [-0.25, -0.2) is 4.98 Å². The monoisotopic (exact) mass is 244 g/mol. The first-order valence-electron chi connectivity index (χ1n) is 4.33. The summed E-state index contributed by atoms with van der Waals surface area (Å²) in [6.45, 7) is 2.11. The van der Waals surface area contributed by atoms with Crippen molar-refractivity contribution in [3.05, 3.63) is 22.7 Å². The van der Waals surface area contributed by atoms with E-state index in [1.54, 1.807) is 12.3 Å². The van der Waals surface area contributed by atoms with Crippen molar-refractivity contribution in [3.63, 3.8) is 0 Å². The number of rotatable bonds is 1. The van der Waals surface area contributed by atoms with Crippen molar-refractivity contribution < 1.29 is 4.39 Å². The van der Waals surface area contributed by atoms with Crippen LogP contribution in [0.5, 0.6) is 0 Å². The van der Waals surface area contributed by atoms with Crippen LogP contribution in [0.1, 0.15) is 12.8 Å². The van der Waals surface area contributed by atoms with Crippen molar-refractivity contribution in [3.8, 4) is 0 Å². The van der Waals surface area contributed by atoms with E-state index < -0.39 is 5.95 Å². The van der Waals surface area contributed by atoms with Gasteiger partial charge in [0.1, 0.15) is 0 Å². The minimum atomic E-state index is -0.442. The molecule has 0 amide bonds. The van der Waals surface area contributed by atoms with Crippen LogP contribution < -0.4 is 4.90 Å². The maximum atomic E-state index is 12.8. The second-order valence-electron chi connectivity index (χ2n) is 3.16. The zero-order chi connectivity index (χ0) is 9.26. The molecule has 1 fully saturated rings. The Kier molecular flexibility index (Phi) is 2.49.